The third kappa shape index (κ3) is 2.72. The van der Waals surface area contributed by atoms with Gasteiger partial charge in [-0.2, -0.15) is 0 Å². The normalized spacial score (nSPS) is 11.0. The first-order chi connectivity index (χ1) is 12.1. The summed E-state index contributed by atoms with van der Waals surface area (Å²) in [6.45, 7) is 0. The predicted octanol–water partition coefficient (Wildman–Crippen LogP) is 4.52. The molecule has 0 aliphatic rings. The minimum atomic E-state index is -0.0503. The second-order valence-corrected chi connectivity index (χ2v) is 6.96. The molecule has 2 aromatic carbocycles. The van der Waals surface area contributed by atoms with Gasteiger partial charge >= 0.3 is 0 Å². The zero-order valence-electron chi connectivity index (χ0n) is 14.0. The molecule has 5 heteroatoms. The van der Waals surface area contributed by atoms with E-state index in [0.29, 0.717) is 4.88 Å². The summed E-state index contributed by atoms with van der Waals surface area (Å²) in [7, 11) is 3.87. The zero-order chi connectivity index (χ0) is 17.4. The lowest BCUT2D eigenvalue weighted by atomic mass is 10.1. The average Bonchev–Trinajstić information content (AvgIpc) is 3.27. The Bertz CT molecular complexity index is 1050. The van der Waals surface area contributed by atoms with Crippen molar-refractivity contribution in [2.75, 3.05) is 19.0 Å². The molecule has 25 heavy (non-hydrogen) atoms. The van der Waals surface area contributed by atoms with E-state index in [9.17, 15) is 4.79 Å². The molecule has 0 N–H and O–H groups in total. The Labute approximate surface area is 150 Å². The van der Waals surface area contributed by atoms with Crippen LogP contribution in [0.5, 0.6) is 0 Å². The van der Waals surface area contributed by atoms with Crippen LogP contribution in [0.1, 0.15) is 9.67 Å². The number of aromatic nitrogens is 2. The van der Waals surface area contributed by atoms with Gasteiger partial charge in [-0.1, -0.05) is 59.9 Å². The van der Waals surface area contributed by atoms with Crippen LogP contribution in [0.4, 0.5) is 5.13 Å². The molecule has 124 valence electrons. The van der Waals surface area contributed by atoms with Crippen LogP contribution >= 0.6 is 11.3 Å². The highest BCUT2D eigenvalue weighted by molar-refractivity contribution is 7.18. The third-order valence-electron chi connectivity index (χ3n) is 4.06. The van der Waals surface area contributed by atoms with Gasteiger partial charge < -0.3 is 4.90 Å². The minimum absolute atomic E-state index is 0.0503. The Morgan fingerprint density at radius 3 is 2.48 bits per heavy atom. The number of benzene rings is 2. The fourth-order valence-corrected chi connectivity index (χ4v) is 3.75. The number of para-hydroxylation sites is 1. The summed E-state index contributed by atoms with van der Waals surface area (Å²) in [5.41, 5.74) is 2.59. The van der Waals surface area contributed by atoms with Gasteiger partial charge in [0.2, 0.25) is 0 Å². The average molecular weight is 347 g/mol. The van der Waals surface area contributed by atoms with Crippen LogP contribution in [0.15, 0.2) is 66.9 Å². The second-order valence-electron chi connectivity index (χ2n) is 5.98. The molecule has 0 spiro atoms. The van der Waals surface area contributed by atoms with E-state index >= 15 is 0 Å². The van der Waals surface area contributed by atoms with Crippen LogP contribution in [0.2, 0.25) is 0 Å². The van der Waals surface area contributed by atoms with Crippen LogP contribution in [0.3, 0.4) is 0 Å². The SMILES string of the molecule is CN(C)c1nc(-c2ccccc2)c(C(=O)n2ccc3ccccc32)s1. The molecule has 2 aromatic heterocycles. The van der Waals surface area contributed by atoms with Crippen LogP contribution in [-0.4, -0.2) is 29.6 Å². The number of hydrogen-bond donors (Lipinski definition) is 0. The Balaban J connectivity index is 1.88. The fraction of sp³-hybridized carbons (Fsp3) is 0.100. The van der Waals surface area contributed by atoms with E-state index in [2.05, 4.69) is 0 Å². The number of carbonyl (C=O) groups is 1. The van der Waals surface area contributed by atoms with Crippen molar-refractivity contribution >= 4 is 33.3 Å². The van der Waals surface area contributed by atoms with Crippen molar-refractivity contribution in [1.82, 2.24) is 9.55 Å². The van der Waals surface area contributed by atoms with E-state index in [1.807, 2.05) is 85.9 Å². The van der Waals surface area contributed by atoms with Gasteiger partial charge in [-0.25, -0.2) is 4.98 Å². The number of fused-ring (bicyclic) bond motifs is 1. The van der Waals surface area contributed by atoms with E-state index in [-0.39, 0.29) is 5.91 Å². The van der Waals surface area contributed by atoms with E-state index < -0.39 is 0 Å². The number of carbonyl (C=O) groups excluding carboxylic acids is 1. The summed E-state index contributed by atoms with van der Waals surface area (Å²) in [5, 5.41) is 1.87. The van der Waals surface area contributed by atoms with Gasteiger partial charge in [0.25, 0.3) is 5.91 Å². The Morgan fingerprint density at radius 2 is 1.72 bits per heavy atom. The predicted molar refractivity (Wildman–Crippen MR) is 104 cm³/mol. The highest BCUT2D eigenvalue weighted by Gasteiger charge is 2.22. The molecule has 0 unspecified atom stereocenters. The summed E-state index contributed by atoms with van der Waals surface area (Å²) in [6, 6.07) is 19.7. The number of hydrogen-bond acceptors (Lipinski definition) is 4. The Hall–Kier alpha value is -2.92. The van der Waals surface area contributed by atoms with Crippen LogP contribution in [0, 0.1) is 0 Å². The van der Waals surface area contributed by atoms with Crippen molar-refractivity contribution in [2.24, 2.45) is 0 Å². The highest BCUT2D eigenvalue weighted by atomic mass is 32.1. The third-order valence-corrected chi connectivity index (χ3v) is 5.27. The maximum absolute atomic E-state index is 13.3. The lowest BCUT2D eigenvalue weighted by Crippen LogP contribution is -2.10. The lowest BCUT2D eigenvalue weighted by Gasteiger charge is -2.05. The fourth-order valence-electron chi connectivity index (χ4n) is 2.81. The Kier molecular flexibility index (Phi) is 3.86. The first-order valence-electron chi connectivity index (χ1n) is 7.99. The first-order valence-corrected chi connectivity index (χ1v) is 8.81. The van der Waals surface area contributed by atoms with Crippen molar-refractivity contribution in [3.8, 4) is 11.3 Å². The van der Waals surface area contributed by atoms with Gasteiger partial charge in [0.1, 0.15) is 4.88 Å². The maximum atomic E-state index is 13.3. The van der Waals surface area contributed by atoms with Gasteiger partial charge in [0.15, 0.2) is 5.13 Å². The molecule has 0 aliphatic carbocycles. The molecular weight excluding hydrogens is 330 g/mol. The molecule has 4 rings (SSSR count). The monoisotopic (exact) mass is 347 g/mol. The largest absolute Gasteiger partial charge is 0.354 e. The number of rotatable bonds is 3. The highest BCUT2D eigenvalue weighted by Crippen LogP contribution is 2.33. The van der Waals surface area contributed by atoms with Crippen molar-refractivity contribution in [3.05, 3.63) is 71.7 Å². The molecule has 0 saturated carbocycles. The number of nitrogens with zero attached hydrogens (tertiary/aromatic N) is 3. The van der Waals surface area contributed by atoms with E-state index in [1.54, 1.807) is 4.57 Å². The molecule has 4 aromatic rings. The summed E-state index contributed by atoms with van der Waals surface area (Å²) >= 11 is 1.42. The van der Waals surface area contributed by atoms with Crippen LogP contribution in [0.25, 0.3) is 22.2 Å². The quantitative estimate of drug-likeness (QED) is 0.547. The van der Waals surface area contributed by atoms with E-state index in [0.717, 1.165) is 27.3 Å². The summed E-state index contributed by atoms with van der Waals surface area (Å²) < 4.78 is 1.70. The van der Waals surface area contributed by atoms with Crippen LogP contribution in [-0.2, 0) is 0 Å². The standard InChI is InChI=1S/C20H17N3OS/c1-22(2)20-21-17(15-9-4-3-5-10-15)18(25-20)19(24)23-13-12-14-8-6-7-11-16(14)23/h3-13H,1-2H3. The second kappa shape index (κ2) is 6.18. The van der Waals surface area contributed by atoms with Gasteiger partial charge in [0, 0.05) is 31.2 Å². The molecule has 0 radical (unpaired) electrons. The smallest absolute Gasteiger partial charge is 0.274 e. The van der Waals surface area contributed by atoms with E-state index in [1.165, 1.54) is 11.3 Å². The van der Waals surface area contributed by atoms with Crippen molar-refractivity contribution < 1.29 is 4.79 Å². The van der Waals surface area contributed by atoms with E-state index in [4.69, 9.17) is 4.98 Å². The Morgan fingerprint density at radius 1 is 1.00 bits per heavy atom. The van der Waals surface area contributed by atoms with Crippen LogP contribution < -0.4 is 4.90 Å². The number of thiazole rings is 1. The summed E-state index contributed by atoms with van der Waals surface area (Å²) in [6.07, 6.45) is 1.83. The molecule has 0 amide bonds. The summed E-state index contributed by atoms with van der Waals surface area (Å²) in [4.78, 5) is 20.5. The van der Waals surface area contributed by atoms with Gasteiger partial charge in [-0.15, -0.1) is 0 Å². The van der Waals surface area contributed by atoms with Crippen molar-refractivity contribution in [1.29, 1.82) is 0 Å². The molecule has 0 fully saturated rings. The van der Waals surface area contributed by atoms with Gasteiger partial charge in [-0.3, -0.25) is 9.36 Å². The molecular formula is C20H17N3OS. The first kappa shape index (κ1) is 15.6. The zero-order valence-corrected chi connectivity index (χ0v) is 14.8. The lowest BCUT2D eigenvalue weighted by molar-refractivity contribution is 0.0969. The van der Waals surface area contributed by atoms with Crippen molar-refractivity contribution in [2.45, 2.75) is 0 Å². The summed E-state index contributed by atoms with van der Waals surface area (Å²) in [5.74, 6) is -0.0503. The molecule has 2 heterocycles. The molecule has 0 saturated heterocycles. The minimum Gasteiger partial charge on any atom is -0.354 e. The molecule has 4 nitrogen and oxygen atoms in total. The molecule has 0 atom stereocenters. The van der Waals surface area contributed by atoms with Gasteiger partial charge in [0.05, 0.1) is 11.2 Å². The van der Waals surface area contributed by atoms with Crippen molar-refractivity contribution in [3.63, 3.8) is 0 Å². The maximum Gasteiger partial charge on any atom is 0.274 e. The molecule has 0 bridgehead atoms. The van der Waals surface area contributed by atoms with Gasteiger partial charge in [-0.05, 0) is 12.1 Å². The molecule has 0 aliphatic heterocycles. The number of anilines is 1. The topological polar surface area (TPSA) is 38.1 Å².